The van der Waals surface area contributed by atoms with Gasteiger partial charge in [0.05, 0.1) is 4.87 Å². The van der Waals surface area contributed by atoms with Crippen molar-refractivity contribution in [3.63, 3.8) is 0 Å². The zero-order valence-corrected chi connectivity index (χ0v) is 15.3. The number of hydrogen-bond acceptors (Lipinski definition) is 4. The molecule has 0 radical (unpaired) electrons. The van der Waals surface area contributed by atoms with Gasteiger partial charge in [-0.15, -0.1) is 11.8 Å². The van der Waals surface area contributed by atoms with E-state index < -0.39 is 6.04 Å². The summed E-state index contributed by atoms with van der Waals surface area (Å²) >= 11 is 1.69. The molecule has 0 unspecified atom stereocenters. The van der Waals surface area contributed by atoms with Crippen LogP contribution in [0.5, 0.6) is 11.5 Å². The minimum atomic E-state index is -0.403. The van der Waals surface area contributed by atoms with Crippen molar-refractivity contribution in [2.24, 2.45) is 0 Å². The minimum absolute atomic E-state index is 0.0734. The van der Waals surface area contributed by atoms with Crippen molar-refractivity contribution in [3.8, 4) is 11.5 Å². The van der Waals surface area contributed by atoms with Crippen molar-refractivity contribution in [2.45, 2.75) is 30.7 Å². The highest BCUT2D eigenvalue weighted by molar-refractivity contribution is 8.01. The van der Waals surface area contributed by atoms with E-state index in [1.165, 1.54) is 0 Å². The highest BCUT2D eigenvalue weighted by atomic mass is 32.2. The molecule has 26 heavy (non-hydrogen) atoms. The van der Waals surface area contributed by atoms with Crippen LogP contribution in [0.1, 0.15) is 19.8 Å². The van der Waals surface area contributed by atoms with Gasteiger partial charge in [0.15, 0.2) is 0 Å². The lowest BCUT2D eigenvalue weighted by Crippen LogP contribution is -2.48. The molecule has 134 valence electrons. The lowest BCUT2D eigenvalue weighted by Gasteiger charge is -2.29. The number of ether oxygens (including phenoxy) is 1. The second-order valence-corrected chi connectivity index (χ2v) is 8.20. The van der Waals surface area contributed by atoms with Gasteiger partial charge in [0.1, 0.15) is 17.5 Å². The molecule has 2 atom stereocenters. The molecule has 5 nitrogen and oxygen atoms in total. The molecular formula is C20H20N2O3S. The van der Waals surface area contributed by atoms with E-state index in [1.54, 1.807) is 16.7 Å². The molecule has 2 amide bonds. The van der Waals surface area contributed by atoms with Gasteiger partial charge in [-0.25, -0.2) is 0 Å². The van der Waals surface area contributed by atoms with Crippen LogP contribution in [0.25, 0.3) is 0 Å². The summed E-state index contributed by atoms with van der Waals surface area (Å²) in [6, 6.07) is 16.4. The molecule has 2 saturated heterocycles. The van der Waals surface area contributed by atoms with Crippen LogP contribution >= 0.6 is 11.8 Å². The number of anilines is 1. The van der Waals surface area contributed by atoms with E-state index in [4.69, 9.17) is 4.74 Å². The first-order chi connectivity index (χ1) is 12.5. The number of benzene rings is 2. The van der Waals surface area contributed by atoms with Crippen LogP contribution in [-0.2, 0) is 9.59 Å². The SMILES string of the molecule is C[C@]12CCC(=O)N1[C@H](C(=O)Nc1ccc(Oc3ccccc3)cc1)CS2. The molecule has 0 aliphatic carbocycles. The second-order valence-electron chi connectivity index (χ2n) is 6.69. The molecule has 0 spiro atoms. The van der Waals surface area contributed by atoms with Crippen molar-refractivity contribution < 1.29 is 14.3 Å². The van der Waals surface area contributed by atoms with Gasteiger partial charge in [0.25, 0.3) is 0 Å². The maximum atomic E-state index is 12.7. The van der Waals surface area contributed by atoms with Gasteiger partial charge in [0.2, 0.25) is 11.8 Å². The van der Waals surface area contributed by atoms with Crippen LogP contribution in [0, 0.1) is 0 Å². The molecule has 0 bridgehead atoms. The third-order valence-electron chi connectivity index (χ3n) is 4.85. The average molecular weight is 368 g/mol. The van der Waals surface area contributed by atoms with E-state index in [0.29, 0.717) is 23.6 Å². The zero-order chi connectivity index (χ0) is 18.1. The highest BCUT2D eigenvalue weighted by Crippen LogP contribution is 2.47. The molecular weight excluding hydrogens is 348 g/mol. The molecule has 4 rings (SSSR count). The van der Waals surface area contributed by atoms with Gasteiger partial charge in [-0.05, 0) is 49.7 Å². The Bertz CT molecular complexity index is 825. The molecule has 0 saturated carbocycles. The number of amides is 2. The topological polar surface area (TPSA) is 58.6 Å². The Balaban J connectivity index is 1.41. The van der Waals surface area contributed by atoms with Gasteiger partial charge in [-0.1, -0.05) is 18.2 Å². The van der Waals surface area contributed by atoms with Crippen molar-refractivity contribution in [1.29, 1.82) is 0 Å². The predicted octanol–water partition coefficient (Wildman–Crippen LogP) is 3.87. The quantitative estimate of drug-likeness (QED) is 0.890. The Hall–Kier alpha value is -2.47. The van der Waals surface area contributed by atoms with E-state index in [1.807, 2.05) is 61.5 Å². The number of nitrogens with zero attached hydrogens (tertiary/aromatic N) is 1. The first-order valence-electron chi connectivity index (χ1n) is 8.65. The third-order valence-corrected chi connectivity index (χ3v) is 6.35. The van der Waals surface area contributed by atoms with Crippen molar-refractivity contribution in [3.05, 3.63) is 54.6 Å². The van der Waals surface area contributed by atoms with Gasteiger partial charge < -0.3 is 15.0 Å². The summed E-state index contributed by atoms with van der Waals surface area (Å²) < 4.78 is 5.75. The van der Waals surface area contributed by atoms with E-state index in [2.05, 4.69) is 5.32 Å². The highest BCUT2D eigenvalue weighted by Gasteiger charge is 2.52. The molecule has 2 aliphatic heterocycles. The number of nitrogens with one attached hydrogen (secondary N) is 1. The number of fused-ring (bicyclic) bond motifs is 1. The largest absolute Gasteiger partial charge is 0.457 e. The first-order valence-corrected chi connectivity index (χ1v) is 9.64. The van der Waals surface area contributed by atoms with Crippen LogP contribution in [-0.4, -0.2) is 33.4 Å². The molecule has 2 aromatic rings. The number of carbonyl (C=O) groups excluding carboxylic acids is 2. The second kappa shape index (κ2) is 6.68. The fraction of sp³-hybridized carbons (Fsp3) is 0.300. The van der Waals surface area contributed by atoms with Crippen LogP contribution in [0.15, 0.2) is 54.6 Å². The smallest absolute Gasteiger partial charge is 0.248 e. The fourth-order valence-corrected chi connectivity index (χ4v) is 4.90. The lowest BCUT2D eigenvalue weighted by molar-refractivity contribution is -0.135. The zero-order valence-electron chi connectivity index (χ0n) is 14.5. The molecule has 1 N–H and O–H groups in total. The van der Waals surface area contributed by atoms with Gasteiger partial charge in [-0.2, -0.15) is 0 Å². The molecule has 6 heteroatoms. The summed E-state index contributed by atoms with van der Waals surface area (Å²) in [5.41, 5.74) is 0.695. The van der Waals surface area contributed by atoms with Crippen molar-refractivity contribution in [1.82, 2.24) is 4.90 Å². The first kappa shape index (κ1) is 17.0. The molecule has 2 fully saturated rings. The molecule has 2 aliphatic rings. The summed E-state index contributed by atoms with van der Waals surface area (Å²) in [4.78, 5) is 26.4. The number of para-hydroxylation sites is 1. The Morgan fingerprint density at radius 2 is 1.85 bits per heavy atom. The van der Waals surface area contributed by atoms with Crippen LogP contribution in [0.3, 0.4) is 0 Å². The predicted molar refractivity (Wildman–Crippen MR) is 102 cm³/mol. The van der Waals surface area contributed by atoms with Crippen LogP contribution < -0.4 is 10.1 Å². The van der Waals surface area contributed by atoms with Crippen molar-refractivity contribution in [2.75, 3.05) is 11.1 Å². The Labute approximate surface area is 156 Å². The lowest BCUT2D eigenvalue weighted by atomic mass is 10.2. The van der Waals surface area contributed by atoms with Crippen LogP contribution in [0.2, 0.25) is 0 Å². The van der Waals surface area contributed by atoms with Crippen LogP contribution in [0.4, 0.5) is 5.69 Å². The minimum Gasteiger partial charge on any atom is -0.457 e. The fourth-order valence-electron chi connectivity index (χ4n) is 3.47. The average Bonchev–Trinajstić information content (AvgIpc) is 3.14. The molecule has 2 aromatic carbocycles. The van der Waals surface area contributed by atoms with E-state index in [0.717, 1.165) is 12.2 Å². The number of carbonyl (C=O) groups is 2. The van der Waals surface area contributed by atoms with E-state index in [-0.39, 0.29) is 16.7 Å². The van der Waals surface area contributed by atoms with Crippen molar-refractivity contribution >= 4 is 29.3 Å². The summed E-state index contributed by atoms with van der Waals surface area (Å²) in [5.74, 6) is 2.05. The monoisotopic (exact) mass is 368 g/mol. The van der Waals surface area contributed by atoms with Gasteiger partial charge >= 0.3 is 0 Å². The Kier molecular flexibility index (Phi) is 4.36. The standard InChI is InChI=1S/C20H20N2O3S/c1-20-12-11-18(23)22(20)17(13-26-20)19(24)21-14-7-9-16(10-8-14)25-15-5-3-2-4-6-15/h2-10,17H,11-13H2,1H3,(H,21,24)/t17-,20-/m0/s1. The number of rotatable bonds is 4. The number of thioether (sulfide) groups is 1. The third kappa shape index (κ3) is 3.17. The van der Waals surface area contributed by atoms with E-state index >= 15 is 0 Å². The van der Waals surface area contributed by atoms with Gasteiger partial charge in [-0.3, -0.25) is 9.59 Å². The molecule has 2 heterocycles. The Morgan fingerprint density at radius 3 is 2.58 bits per heavy atom. The molecule has 0 aromatic heterocycles. The summed E-state index contributed by atoms with van der Waals surface area (Å²) in [7, 11) is 0. The Morgan fingerprint density at radius 1 is 1.15 bits per heavy atom. The summed E-state index contributed by atoms with van der Waals surface area (Å²) in [6.07, 6.45) is 1.34. The van der Waals surface area contributed by atoms with E-state index in [9.17, 15) is 9.59 Å². The summed E-state index contributed by atoms with van der Waals surface area (Å²) in [6.45, 7) is 2.05. The number of hydrogen-bond donors (Lipinski definition) is 1. The normalized spacial score (nSPS) is 24.4. The maximum absolute atomic E-state index is 12.7. The summed E-state index contributed by atoms with van der Waals surface area (Å²) in [5, 5.41) is 2.92. The maximum Gasteiger partial charge on any atom is 0.248 e. The van der Waals surface area contributed by atoms with Gasteiger partial charge in [0, 0.05) is 17.9 Å².